The largest absolute Gasteiger partial charge is 0.362 e. The molecule has 1 aromatic heterocycles. The quantitative estimate of drug-likeness (QED) is 0.538. The molecule has 23 heavy (non-hydrogen) atoms. The van der Waals surface area contributed by atoms with Crippen LogP contribution in [0.2, 0.25) is 15.1 Å². The van der Waals surface area contributed by atoms with Crippen LogP contribution < -0.4 is 10.6 Å². The Morgan fingerprint density at radius 1 is 1.22 bits per heavy atom. The van der Waals surface area contributed by atoms with Crippen LogP contribution in [0.5, 0.6) is 0 Å². The number of nitrogens with zero attached hydrogens (tertiary/aromatic N) is 2. The van der Waals surface area contributed by atoms with E-state index >= 15 is 0 Å². The van der Waals surface area contributed by atoms with Crippen molar-refractivity contribution in [1.82, 2.24) is 15.1 Å². The summed E-state index contributed by atoms with van der Waals surface area (Å²) in [5.74, 6) is 0.528. The molecule has 0 spiro atoms. The van der Waals surface area contributed by atoms with Crippen molar-refractivity contribution in [3.63, 3.8) is 0 Å². The zero-order valence-electron chi connectivity index (χ0n) is 12.6. The fourth-order valence-corrected chi connectivity index (χ4v) is 2.64. The fraction of sp³-hybridized carbons (Fsp3) is 0.333. The molecule has 8 heteroatoms. The van der Waals surface area contributed by atoms with Gasteiger partial charge in [0.05, 0.1) is 16.6 Å². The summed E-state index contributed by atoms with van der Waals surface area (Å²) < 4.78 is 1.72. The lowest BCUT2D eigenvalue weighted by Crippen LogP contribution is -2.29. The molecule has 0 amide bonds. The van der Waals surface area contributed by atoms with Gasteiger partial charge in [-0.05, 0) is 36.3 Å². The molecule has 4 nitrogen and oxygen atoms in total. The van der Waals surface area contributed by atoms with Crippen LogP contribution in [0.4, 0.5) is 5.82 Å². The van der Waals surface area contributed by atoms with Gasteiger partial charge in [0.2, 0.25) is 0 Å². The fourth-order valence-electron chi connectivity index (χ4n) is 1.92. The first-order valence-electron chi connectivity index (χ1n) is 7.21. The average Bonchev–Trinajstić information content (AvgIpc) is 2.83. The number of anilines is 1. The van der Waals surface area contributed by atoms with Crippen molar-refractivity contribution >= 4 is 58.0 Å². The molecule has 2 rings (SSSR count). The molecule has 2 N–H and O–H groups in total. The molecule has 0 unspecified atom stereocenters. The molecule has 0 saturated heterocycles. The highest BCUT2D eigenvalue weighted by Crippen LogP contribution is 2.24. The van der Waals surface area contributed by atoms with E-state index in [9.17, 15) is 0 Å². The summed E-state index contributed by atoms with van der Waals surface area (Å²) in [6.07, 6.45) is 3.90. The van der Waals surface area contributed by atoms with Crippen molar-refractivity contribution in [1.29, 1.82) is 0 Å². The standard InChI is InChI=1S/C15H17Cl3N4S/c1-2-3-6-19-15(23)20-14-13(18)9-22(21-14)8-10-4-5-11(16)12(17)7-10/h4-5,7,9H,2-3,6,8H2,1H3,(H2,19,20,21,23). The minimum atomic E-state index is 0.504. The Morgan fingerprint density at radius 2 is 2.00 bits per heavy atom. The molecule has 0 aliphatic carbocycles. The second kappa shape index (κ2) is 8.73. The highest BCUT2D eigenvalue weighted by atomic mass is 35.5. The van der Waals surface area contributed by atoms with Crippen LogP contribution in [0.1, 0.15) is 25.3 Å². The maximum Gasteiger partial charge on any atom is 0.173 e. The minimum absolute atomic E-state index is 0.504. The molecule has 0 atom stereocenters. The molecule has 0 aliphatic rings. The van der Waals surface area contributed by atoms with Gasteiger partial charge in [-0.1, -0.05) is 54.2 Å². The van der Waals surface area contributed by atoms with E-state index in [1.165, 1.54) is 0 Å². The molecule has 1 aromatic carbocycles. The molecular formula is C15H17Cl3N4S. The van der Waals surface area contributed by atoms with E-state index in [4.69, 9.17) is 47.0 Å². The van der Waals surface area contributed by atoms with Gasteiger partial charge in [-0.3, -0.25) is 4.68 Å². The third kappa shape index (κ3) is 5.53. The summed E-state index contributed by atoms with van der Waals surface area (Å²) in [5.41, 5.74) is 0.980. The average molecular weight is 392 g/mol. The molecule has 0 aliphatic heterocycles. The van der Waals surface area contributed by atoms with Crippen molar-refractivity contribution in [2.75, 3.05) is 11.9 Å². The second-order valence-corrected chi connectivity index (χ2v) is 6.64. The topological polar surface area (TPSA) is 41.9 Å². The number of halogens is 3. The Hall–Kier alpha value is -1.01. The first kappa shape index (κ1) is 18.3. The summed E-state index contributed by atoms with van der Waals surface area (Å²) in [6.45, 7) is 3.48. The van der Waals surface area contributed by atoms with Gasteiger partial charge in [-0.2, -0.15) is 5.10 Å². The smallest absolute Gasteiger partial charge is 0.173 e. The van der Waals surface area contributed by atoms with Crippen LogP contribution in [0.15, 0.2) is 24.4 Å². The number of nitrogens with one attached hydrogen (secondary N) is 2. The Bertz CT molecular complexity index is 687. The molecule has 0 saturated carbocycles. The van der Waals surface area contributed by atoms with Crippen LogP contribution >= 0.6 is 47.0 Å². The highest BCUT2D eigenvalue weighted by Gasteiger charge is 2.09. The summed E-state index contributed by atoms with van der Waals surface area (Å²) >= 11 is 23.3. The van der Waals surface area contributed by atoms with Crippen molar-refractivity contribution in [2.45, 2.75) is 26.3 Å². The van der Waals surface area contributed by atoms with Crippen LogP contribution in [-0.4, -0.2) is 21.4 Å². The lowest BCUT2D eigenvalue weighted by Gasteiger charge is -2.08. The van der Waals surface area contributed by atoms with Crippen molar-refractivity contribution < 1.29 is 0 Å². The Kier molecular flexibility index (Phi) is 6.96. The SMILES string of the molecule is CCCCNC(=S)Nc1nn(Cc2ccc(Cl)c(Cl)c2)cc1Cl. The summed E-state index contributed by atoms with van der Waals surface area (Å²) in [7, 11) is 0. The maximum absolute atomic E-state index is 6.19. The second-order valence-electron chi connectivity index (χ2n) is 5.01. The number of rotatable bonds is 6. The van der Waals surface area contributed by atoms with Gasteiger partial charge < -0.3 is 10.6 Å². The number of hydrogen-bond acceptors (Lipinski definition) is 2. The van der Waals surface area contributed by atoms with Crippen molar-refractivity contribution in [2.24, 2.45) is 0 Å². The maximum atomic E-state index is 6.19. The van der Waals surface area contributed by atoms with Gasteiger partial charge in [0, 0.05) is 12.7 Å². The van der Waals surface area contributed by atoms with Crippen LogP contribution in [-0.2, 0) is 6.54 Å². The first-order valence-corrected chi connectivity index (χ1v) is 8.75. The van der Waals surface area contributed by atoms with Gasteiger partial charge in [0.15, 0.2) is 10.9 Å². The van der Waals surface area contributed by atoms with E-state index in [0.717, 1.165) is 24.9 Å². The van der Waals surface area contributed by atoms with Crippen LogP contribution in [0.3, 0.4) is 0 Å². The molecule has 2 aromatic rings. The van der Waals surface area contributed by atoms with E-state index in [1.807, 2.05) is 12.1 Å². The first-order chi connectivity index (χ1) is 11.0. The van der Waals surface area contributed by atoms with Gasteiger partial charge in [0.25, 0.3) is 0 Å². The number of benzene rings is 1. The predicted octanol–water partition coefficient (Wildman–Crippen LogP) is 4.98. The molecule has 1 heterocycles. The Labute approximate surface area is 156 Å². The number of thiocarbonyl (C=S) groups is 1. The normalized spacial score (nSPS) is 10.6. The summed E-state index contributed by atoms with van der Waals surface area (Å²) in [5, 5.41) is 12.6. The van der Waals surface area contributed by atoms with E-state index in [0.29, 0.717) is 32.5 Å². The molecule has 0 bridgehead atoms. The minimum Gasteiger partial charge on any atom is -0.362 e. The molecule has 0 radical (unpaired) electrons. The summed E-state index contributed by atoms with van der Waals surface area (Å²) in [6, 6.07) is 5.47. The van der Waals surface area contributed by atoms with Crippen LogP contribution in [0.25, 0.3) is 0 Å². The van der Waals surface area contributed by atoms with Gasteiger partial charge in [-0.15, -0.1) is 0 Å². The van der Waals surface area contributed by atoms with E-state index < -0.39 is 0 Å². The van der Waals surface area contributed by atoms with E-state index in [-0.39, 0.29) is 0 Å². The summed E-state index contributed by atoms with van der Waals surface area (Å²) in [4.78, 5) is 0. The lowest BCUT2D eigenvalue weighted by atomic mass is 10.2. The predicted molar refractivity (Wildman–Crippen MR) is 102 cm³/mol. The van der Waals surface area contributed by atoms with Gasteiger partial charge >= 0.3 is 0 Å². The van der Waals surface area contributed by atoms with Gasteiger partial charge in [-0.25, -0.2) is 0 Å². The zero-order valence-corrected chi connectivity index (χ0v) is 15.7. The van der Waals surface area contributed by atoms with E-state index in [2.05, 4.69) is 22.7 Å². The Balaban J connectivity index is 2.00. The third-order valence-corrected chi connectivity index (χ3v) is 4.36. The van der Waals surface area contributed by atoms with E-state index in [1.54, 1.807) is 16.9 Å². The number of hydrogen-bond donors (Lipinski definition) is 2. The highest BCUT2D eigenvalue weighted by molar-refractivity contribution is 7.80. The molecule has 0 fully saturated rings. The Morgan fingerprint density at radius 3 is 2.70 bits per heavy atom. The molecular weight excluding hydrogens is 375 g/mol. The number of aromatic nitrogens is 2. The third-order valence-electron chi connectivity index (χ3n) is 3.09. The zero-order chi connectivity index (χ0) is 16.8. The van der Waals surface area contributed by atoms with Crippen molar-refractivity contribution in [3.8, 4) is 0 Å². The van der Waals surface area contributed by atoms with Crippen molar-refractivity contribution in [3.05, 3.63) is 45.0 Å². The number of unbranched alkanes of at least 4 members (excludes halogenated alkanes) is 1. The van der Waals surface area contributed by atoms with Gasteiger partial charge in [0.1, 0.15) is 5.02 Å². The van der Waals surface area contributed by atoms with Crippen LogP contribution in [0, 0.1) is 0 Å². The lowest BCUT2D eigenvalue weighted by molar-refractivity contribution is 0.689. The monoisotopic (exact) mass is 390 g/mol. The molecule has 124 valence electrons.